The Morgan fingerprint density at radius 1 is 1.47 bits per heavy atom. The third kappa shape index (κ3) is 3.58. The van der Waals surface area contributed by atoms with Crippen LogP contribution in [0.1, 0.15) is 20.4 Å². The molecule has 0 spiro atoms. The van der Waals surface area contributed by atoms with Gasteiger partial charge in [0, 0.05) is 14.2 Å². The van der Waals surface area contributed by atoms with Gasteiger partial charge in [-0.2, -0.15) is 0 Å². The molecule has 1 aromatic heterocycles. The second-order valence-corrected chi connectivity index (χ2v) is 6.88. The molecule has 0 bridgehead atoms. The molecule has 100 valence electrons. The lowest BCUT2D eigenvalue weighted by molar-refractivity contribution is 0.0594. The molecular formula is C13H12BrNO2S2. The molecule has 0 N–H and O–H groups in total. The van der Waals surface area contributed by atoms with Crippen LogP contribution in [-0.4, -0.2) is 18.1 Å². The number of nitrogens with zero attached hydrogens (tertiary/aromatic N) is 1. The van der Waals surface area contributed by atoms with Crippen molar-refractivity contribution in [3.8, 4) is 0 Å². The van der Waals surface area contributed by atoms with Crippen molar-refractivity contribution in [3.63, 3.8) is 0 Å². The van der Waals surface area contributed by atoms with E-state index < -0.39 is 0 Å². The molecule has 0 unspecified atom stereocenters. The first-order chi connectivity index (χ1) is 9.11. The number of aromatic nitrogens is 1. The molecule has 2 rings (SSSR count). The summed E-state index contributed by atoms with van der Waals surface area (Å²) in [7, 11) is 1.37. The number of hydrogen-bond acceptors (Lipinski definition) is 5. The molecule has 0 amide bonds. The minimum atomic E-state index is -0.370. The summed E-state index contributed by atoms with van der Waals surface area (Å²) in [5.41, 5.74) is 0.426. The standard InChI is InChI=1S/C13H12BrNO2S2/c1-8-12(13(16)17-2)15-11(19-8)7-18-10-6-4-3-5-9(10)14/h3-6H,7H2,1-2H3. The first-order valence-corrected chi connectivity index (χ1v) is 8.13. The molecule has 0 aliphatic rings. The van der Waals surface area contributed by atoms with Crippen molar-refractivity contribution in [1.29, 1.82) is 0 Å². The Morgan fingerprint density at radius 3 is 2.89 bits per heavy atom. The Balaban J connectivity index is 2.09. The van der Waals surface area contributed by atoms with Crippen molar-refractivity contribution in [2.24, 2.45) is 0 Å². The highest BCUT2D eigenvalue weighted by molar-refractivity contribution is 9.10. The topological polar surface area (TPSA) is 39.2 Å². The maximum atomic E-state index is 11.5. The van der Waals surface area contributed by atoms with Crippen molar-refractivity contribution in [1.82, 2.24) is 4.98 Å². The third-order valence-corrected chi connectivity index (χ3v) is 5.60. The highest BCUT2D eigenvalue weighted by atomic mass is 79.9. The molecule has 3 nitrogen and oxygen atoms in total. The van der Waals surface area contributed by atoms with Crippen LogP contribution in [-0.2, 0) is 10.5 Å². The molecule has 0 radical (unpaired) electrons. The second-order valence-electron chi connectivity index (χ2n) is 3.72. The van der Waals surface area contributed by atoms with E-state index in [1.165, 1.54) is 18.4 Å². The summed E-state index contributed by atoms with van der Waals surface area (Å²) in [6.45, 7) is 1.89. The number of esters is 1. The van der Waals surface area contributed by atoms with Crippen LogP contribution in [0.15, 0.2) is 33.6 Å². The number of ether oxygens (including phenoxy) is 1. The number of carbonyl (C=O) groups is 1. The van der Waals surface area contributed by atoms with Crippen LogP contribution in [0.2, 0.25) is 0 Å². The van der Waals surface area contributed by atoms with Crippen LogP contribution >= 0.6 is 39.0 Å². The summed E-state index contributed by atoms with van der Waals surface area (Å²) in [5, 5.41) is 0.929. The van der Waals surface area contributed by atoms with Gasteiger partial charge in [0.25, 0.3) is 0 Å². The number of rotatable bonds is 4. The molecule has 2 aromatic rings. The summed E-state index contributed by atoms with van der Waals surface area (Å²) >= 11 is 6.74. The third-order valence-electron chi connectivity index (χ3n) is 2.41. The fraction of sp³-hybridized carbons (Fsp3) is 0.231. The van der Waals surface area contributed by atoms with Gasteiger partial charge in [0.05, 0.1) is 12.9 Å². The molecular weight excluding hydrogens is 346 g/mol. The molecule has 0 atom stereocenters. The van der Waals surface area contributed by atoms with Gasteiger partial charge < -0.3 is 4.74 Å². The number of aryl methyl sites for hydroxylation is 1. The predicted molar refractivity (Wildman–Crippen MR) is 81.9 cm³/mol. The van der Waals surface area contributed by atoms with E-state index in [1.807, 2.05) is 25.1 Å². The van der Waals surface area contributed by atoms with Crippen LogP contribution in [0.3, 0.4) is 0 Å². The van der Waals surface area contributed by atoms with Gasteiger partial charge in [-0.15, -0.1) is 23.1 Å². The Bertz CT molecular complexity index is 598. The lowest BCUT2D eigenvalue weighted by atomic mass is 10.4. The maximum absolute atomic E-state index is 11.5. The minimum Gasteiger partial charge on any atom is -0.464 e. The van der Waals surface area contributed by atoms with Gasteiger partial charge in [0.1, 0.15) is 5.01 Å². The number of thiazole rings is 1. The van der Waals surface area contributed by atoms with Crippen molar-refractivity contribution in [3.05, 3.63) is 44.3 Å². The van der Waals surface area contributed by atoms with Gasteiger partial charge in [0.15, 0.2) is 5.69 Å². The minimum absolute atomic E-state index is 0.370. The average Bonchev–Trinajstić information content (AvgIpc) is 2.78. The summed E-state index contributed by atoms with van der Waals surface area (Å²) in [5.74, 6) is 0.372. The maximum Gasteiger partial charge on any atom is 0.357 e. The molecule has 0 aliphatic heterocycles. The SMILES string of the molecule is COC(=O)c1nc(CSc2ccccc2Br)sc1C. The first kappa shape index (κ1) is 14.6. The molecule has 0 saturated heterocycles. The number of halogens is 1. The fourth-order valence-corrected chi connectivity index (χ4v) is 3.98. The zero-order chi connectivity index (χ0) is 13.8. The van der Waals surface area contributed by atoms with E-state index in [9.17, 15) is 4.79 Å². The largest absolute Gasteiger partial charge is 0.464 e. The molecule has 1 aromatic carbocycles. The average molecular weight is 358 g/mol. The van der Waals surface area contributed by atoms with Gasteiger partial charge in [0.2, 0.25) is 0 Å². The quantitative estimate of drug-likeness (QED) is 0.604. The number of hydrogen-bond donors (Lipinski definition) is 0. The van der Waals surface area contributed by atoms with Crippen LogP contribution in [0.25, 0.3) is 0 Å². The Kier molecular flexibility index (Phi) is 5.01. The van der Waals surface area contributed by atoms with Gasteiger partial charge in [-0.1, -0.05) is 12.1 Å². The van der Waals surface area contributed by atoms with E-state index in [0.29, 0.717) is 5.69 Å². The molecule has 19 heavy (non-hydrogen) atoms. The van der Waals surface area contributed by atoms with Crippen molar-refractivity contribution >= 4 is 45.0 Å². The van der Waals surface area contributed by atoms with Crippen molar-refractivity contribution < 1.29 is 9.53 Å². The zero-order valence-corrected chi connectivity index (χ0v) is 13.7. The van der Waals surface area contributed by atoms with Gasteiger partial charge in [-0.25, -0.2) is 9.78 Å². The van der Waals surface area contributed by atoms with E-state index in [0.717, 1.165) is 25.0 Å². The monoisotopic (exact) mass is 357 g/mol. The highest BCUT2D eigenvalue weighted by Gasteiger charge is 2.15. The highest BCUT2D eigenvalue weighted by Crippen LogP contribution is 2.31. The van der Waals surface area contributed by atoms with Gasteiger partial charge in [-0.05, 0) is 35.0 Å². The normalized spacial score (nSPS) is 10.5. The fourth-order valence-electron chi connectivity index (χ4n) is 1.50. The molecule has 6 heteroatoms. The van der Waals surface area contributed by atoms with Gasteiger partial charge in [-0.3, -0.25) is 0 Å². The van der Waals surface area contributed by atoms with Crippen LogP contribution < -0.4 is 0 Å². The molecule has 0 aliphatic carbocycles. The van der Waals surface area contributed by atoms with E-state index in [1.54, 1.807) is 11.8 Å². The smallest absolute Gasteiger partial charge is 0.357 e. The zero-order valence-electron chi connectivity index (χ0n) is 10.5. The number of benzene rings is 1. The summed E-state index contributed by atoms with van der Waals surface area (Å²) in [4.78, 5) is 17.9. The second kappa shape index (κ2) is 6.54. The summed E-state index contributed by atoms with van der Waals surface area (Å²) < 4.78 is 5.77. The number of methoxy groups -OCH3 is 1. The number of thioether (sulfide) groups is 1. The first-order valence-electron chi connectivity index (χ1n) is 5.53. The van der Waals surface area contributed by atoms with E-state index in [4.69, 9.17) is 4.74 Å². The molecule has 0 fully saturated rings. The summed E-state index contributed by atoms with van der Waals surface area (Å²) in [6.07, 6.45) is 0. The molecule has 0 saturated carbocycles. The van der Waals surface area contributed by atoms with Crippen molar-refractivity contribution in [2.45, 2.75) is 17.6 Å². The van der Waals surface area contributed by atoms with Crippen LogP contribution in [0, 0.1) is 6.92 Å². The van der Waals surface area contributed by atoms with Gasteiger partial charge >= 0.3 is 5.97 Å². The predicted octanol–water partition coefficient (Wildman–Crippen LogP) is 4.29. The Hall–Kier alpha value is -0.850. The number of carbonyl (C=O) groups excluding carboxylic acids is 1. The molecule has 1 heterocycles. The Labute approximate surface area is 128 Å². The van der Waals surface area contributed by atoms with E-state index in [-0.39, 0.29) is 5.97 Å². The lowest BCUT2D eigenvalue weighted by Gasteiger charge is -2.01. The summed E-state index contributed by atoms with van der Waals surface area (Å²) in [6, 6.07) is 8.04. The van der Waals surface area contributed by atoms with E-state index >= 15 is 0 Å². The lowest BCUT2D eigenvalue weighted by Crippen LogP contribution is -2.03. The van der Waals surface area contributed by atoms with E-state index in [2.05, 4.69) is 27.0 Å². The Morgan fingerprint density at radius 2 is 2.21 bits per heavy atom. The van der Waals surface area contributed by atoms with Crippen molar-refractivity contribution in [2.75, 3.05) is 7.11 Å². The van der Waals surface area contributed by atoms with Crippen LogP contribution in [0.5, 0.6) is 0 Å². The van der Waals surface area contributed by atoms with Crippen LogP contribution in [0.4, 0.5) is 0 Å².